The first kappa shape index (κ1) is 22.6. The van der Waals surface area contributed by atoms with Crippen molar-refractivity contribution < 1.29 is 5.11 Å². The zero-order valence-electron chi connectivity index (χ0n) is 20.8. The molecule has 0 aromatic rings. The van der Waals surface area contributed by atoms with Crippen molar-refractivity contribution in [2.24, 2.45) is 46.3 Å². The van der Waals surface area contributed by atoms with Crippen molar-refractivity contribution in [3.63, 3.8) is 0 Å². The van der Waals surface area contributed by atoms with Crippen LogP contribution in [0.4, 0.5) is 0 Å². The van der Waals surface area contributed by atoms with Gasteiger partial charge in [0.1, 0.15) is 0 Å². The molecule has 0 amide bonds. The van der Waals surface area contributed by atoms with Crippen molar-refractivity contribution >= 4 is 0 Å². The van der Waals surface area contributed by atoms with Gasteiger partial charge in [-0.25, -0.2) is 0 Å². The molecule has 4 aliphatic carbocycles. The molecular weight excluding hydrogens is 364 g/mol. The molecule has 3 saturated carbocycles. The molecule has 170 valence electrons. The van der Waals surface area contributed by atoms with Gasteiger partial charge in [0, 0.05) is 0 Å². The van der Waals surface area contributed by atoms with Crippen LogP contribution in [-0.2, 0) is 0 Å². The molecule has 30 heavy (non-hydrogen) atoms. The minimum absolute atomic E-state index is 0.0653. The van der Waals surface area contributed by atoms with Crippen LogP contribution in [0.1, 0.15) is 106 Å². The first-order chi connectivity index (χ1) is 14.1. The molecule has 9 unspecified atom stereocenters. The zero-order valence-corrected chi connectivity index (χ0v) is 20.8. The Bertz CT molecular complexity index is 703. The van der Waals surface area contributed by atoms with E-state index < -0.39 is 0 Å². The van der Waals surface area contributed by atoms with E-state index in [1.165, 1.54) is 63.4 Å². The molecule has 0 heterocycles. The Balaban J connectivity index is 1.55. The predicted octanol–water partition coefficient (Wildman–Crippen LogP) is 7.94. The smallest absolute Gasteiger partial charge is 0.0568 e. The lowest BCUT2D eigenvalue weighted by molar-refractivity contribution is -0.0779. The van der Waals surface area contributed by atoms with Crippen LogP contribution < -0.4 is 0 Å². The lowest BCUT2D eigenvalue weighted by atomic mass is 9.47. The van der Waals surface area contributed by atoms with Gasteiger partial charge in [0.2, 0.25) is 0 Å². The monoisotopic (exact) mass is 412 g/mol. The summed E-state index contributed by atoms with van der Waals surface area (Å²) in [6.45, 7) is 18.8. The third-order valence-corrected chi connectivity index (χ3v) is 11.1. The maximum absolute atomic E-state index is 10.5. The van der Waals surface area contributed by atoms with E-state index in [0.717, 1.165) is 30.1 Å². The van der Waals surface area contributed by atoms with Gasteiger partial charge in [-0.15, -0.1) is 0 Å². The molecule has 0 spiro atoms. The number of hydrogen-bond acceptors (Lipinski definition) is 1. The molecule has 0 aliphatic heterocycles. The van der Waals surface area contributed by atoms with Crippen LogP contribution in [0.15, 0.2) is 23.3 Å². The van der Waals surface area contributed by atoms with Crippen molar-refractivity contribution in [1.82, 2.24) is 0 Å². The van der Waals surface area contributed by atoms with Crippen molar-refractivity contribution in [2.75, 3.05) is 0 Å². The van der Waals surface area contributed by atoms with Crippen molar-refractivity contribution in [2.45, 2.75) is 112 Å². The van der Waals surface area contributed by atoms with E-state index in [1.807, 2.05) is 11.1 Å². The Morgan fingerprint density at radius 3 is 2.50 bits per heavy atom. The highest BCUT2D eigenvalue weighted by molar-refractivity contribution is 5.35. The molecule has 1 N–H and O–H groups in total. The summed E-state index contributed by atoms with van der Waals surface area (Å²) < 4.78 is 0. The Hall–Kier alpha value is -0.560. The minimum Gasteiger partial charge on any atom is -0.393 e. The first-order valence-electron chi connectivity index (χ1n) is 13.2. The van der Waals surface area contributed by atoms with Gasteiger partial charge in [-0.1, -0.05) is 57.9 Å². The lowest BCUT2D eigenvalue weighted by Crippen LogP contribution is -2.51. The van der Waals surface area contributed by atoms with Crippen LogP contribution in [0.3, 0.4) is 0 Å². The predicted molar refractivity (Wildman–Crippen MR) is 128 cm³/mol. The van der Waals surface area contributed by atoms with E-state index in [4.69, 9.17) is 0 Å². The second-order valence-electron chi connectivity index (χ2n) is 12.6. The molecule has 1 heteroatoms. The van der Waals surface area contributed by atoms with Gasteiger partial charge in [0.05, 0.1) is 6.10 Å². The van der Waals surface area contributed by atoms with Crippen molar-refractivity contribution in [1.29, 1.82) is 0 Å². The van der Waals surface area contributed by atoms with Crippen LogP contribution in [0.2, 0.25) is 0 Å². The summed E-state index contributed by atoms with van der Waals surface area (Å²) in [5.74, 6) is 4.36. The zero-order chi connectivity index (χ0) is 21.8. The number of aliphatic hydroxyl groups is 1. The fourth-order valence-corrected chi connectivity index (χ4v) is 8.86. The standard InChI is InChI=1S/C29H48O/c1-18(2)19(3)8-9-20(4)23-12-13-25-22-10-11-24-21(5)27(30)15-17-29(24,7)26(22)14-16-28(23,25)6/h19-21,23-24,26-27,30H,1,8-17H2,2-7H3. The molecule has 4 aliphatic rings. The number of rotatable bonds is 5. The fourth-order valence-electron chi connectivity index (χ4n) is 8.86. The van der Waals surface area contributed by atoms with E-state index in [-0.39, 0.29) is 6.10 Å². The van der Waals surface area contributed by atoms with Crippen LogP contribution in [0.5, 0.6) is 0 Å². The fraction of sp³-hybridized carbons (Fsp3) is 0.862. The van der Waals surface area contributed by atoms with Gasteiger partial charge in [-0.05, 0) is 117 Å². The molecule has 0 bridgehead atoms. The molecule has 0 radical (unpaired) electrons. The highest BCUT2D eigenvalue weighted by atomic mass is 16.3. The maximum Gasteiger partial charge on any atom is 0.0568 e. The average molecular weight is 413 g/mol. The number of aliphatic hydroxyl groups excluding tert-OH is 1. The molecule has 1 nitrogen and oxygen atoms in total. The summed E-state index contributed by atoms with van der Waals surface area (Å²) in [5.41, 5.74) is 6.04. The molecule has 3 fully saturated rings. The normalized spacial score (nSPS) is 45.4. The Morgan fingerprint density at radius 1 is 1.07 bits per heavy atom. The third-order valence-electron chi connectivity index (χ3n) is 11.1. The van der Waals surface area contributed by atoms with E-state index in [0.29, 0.717) is 22.7 Å². The van der Waals surface area contributed by atoms with Gasteiger partial charge in [0.25, 0.3) is 0 Å². The Kier molecular flexibility index (Phi) is 6.10. The van der Waals surface area contributed by atoms with E-state index in [2.05, 4.69) is 48.1 Å². The summed E-state index contributed by atoms with van der Waals surface area (Å²) in [7, 11) is 0. The summed E-state index contributed by atoms with van der Waals surface area (Å²) in [4.78, 5) is 0. The highest BCUT2D eigenvalue weighted by Crippen LogP contribution is 2.66. The molecule has 0 aromatic heterocycles. The van der Waals surface area contributed by atoms with Crippen molar-refractivity contribution in [3.05, 3.63) is 23.3 Å². The molecule has 0 aromatic carbocycles. The molecule has 4 rings (SSSR count). The number of fused-ring (bicyclic) bond motifs is 4. The Morgan fingerprint density at radius 2 is 1.80 bits per heavy atom. The number of hydrogen-bond donors (Lipinski definition) is 1. The van der Waals surface area contributed by atoms with Gasteiger partial charge < -0.3 is 5.11 Å². The SMILES string of the molecule is C=C(C)C(C)CCC(C)C1CCC2=C3CCC4C(C)C(O)CCC4(C)C3CCC21C. The quantitative estimate of drug-likeness (QED) is 0.454. The van der Waals surface area contributed by atoms with Crippen LogP contribution in [0.25, 0.3) is 0 Å². The minimum atomic E-state index is -0.0653. The summed E-state index contributed by atoms with van der Waals surface area (Å²) in [6, 6.07) is 0. The topological polar surface area (TPSA) is 20.2 Å². The van der Waals surface area contributed by atoms with Gasteiger partial charge >= 0.3 is 0 Å². The van der Waals surface area contributed by atoms with Crippen LogP contribution in [-0.4, -0.2) is 11.2 Å². The van der Waals surface area contributed by atoms with Crippen molar-refractivity contribution in [3.8, 4) is 0 Å². The summed E-state index contributed by atoms with van der Waals surface area (Å²) in [6.07, 6.45) is 13.1. The Labute approximate surface area is 186 Å². The maximum atomic E-state index is 10.5. The van der Waals surface area contributed by atoms with Crippen LogP contribution >= 0.6 is 0 Å². The van der Waals surface area contributed by atoms with Gasteiger partial charge in [-0.2, -0.15) is 0 Å². The van der Waals surface area contributed by atoms with Gasteiger partial charge in [0.15, 0.2) is 0 Å². The first-order valence-corrected chi connectivity index (χ1v) is 13.2. The largest absolute Gasteiger partial charge is 0.393 e. The molecular formula is C29H48O. The van der Waals surface area contributed by atoms with Gasteiger partial charge in [-0.3, -0.25) is 0 Å². The van der Waals surface area contributed by atoms with Crippen LogP contribution in [0, 0.1) is 46.3 Å². The second-order valence-corrected chi connectivity index (χ2v) is 12.6. The number of allylic oxidation sites excluding steroid dienone is 3. The highest BCUT2D eigenvalue weighted by Gasteiger charge is 2.56. The summed E-state index contributed by atoms with van der Waals surface area (Å²) >= 11 is 0. The van der Waals surface area contributed by atoms with E-state index in [1.54, 1.807) is 0 Å². The summed E-state index contributed by atoms with van der Waals surface area (Å²) in [5, 5.41) is 10.5. The molecule has 9 atom stereocenters. The second kappa shape index (κ2) is 8.09. The van der Waals surface area contributed by atoms with E-state index >= 15 is 0 Å². The lowest BCUT2D eigenvalue weighted by Gasteiger charge is -2.58. The van der Waals surface area contributed by atoms with E-state index in [9.17, 15) is 5.11 Å². The average Bonchev–Trinajstić information content (AvgIpc) is 3.06. The third kappa shape index (κ3) is 3.46. The molecule has 0 saturated heterocycles.